The molecular formula is C19H23NO6. The summed E-state index contributed by atoms with van der Waals surface area (Å²) in [6.45, 7) is 5.45. The molecule has 3 atom stereocenters. The molecular weight excluding hydrogens is 338 g/mol. The molecule has 0 saturated carbocycles. The fraction of sp³-hybridized carbons (Fsp3) is 0.474. The van der Waals surface area contributed by atoms with Crippen LogP contribution in [0.4, 0.5) is 0 Å². The summed E-state index contributed by atoms with van der Waals surface area (Å²) in [4.78, 5) is 25.2. The van der Waals surface area contributed by atoms with E-state index in [2.05, 4.69) is 0 Å². The number of ether oxygens (including phenoxy) is 1. The van der Waals surface area contributed by atoms with Crippen LogP contribution in [0.1, 0.15) is 32.8 Å². The van der Waals surface area contributed by atoms with Gasteiger partial charge in [0.2, 0.25) is 5.91 Å². The summed E-state index contributed by atoms with van der Waals surface area (Å²) in [5.41, 5.74) is 0.236. The highest BCUT2D eigenvalue weighted by Crippen LogP contribution is 2.47. The van der Waals surface area contributed by atoms with Crippen LogP contribution in [0, 0.1) is 11.3 Å². The molecule has 0 radical (unpaired) electrons. The molecule has 2 aliphatic rings. The molecule has 0 aliphatic carbocycles. The van der Waals surface area contributed by atoms with Crippen molar-refractivity contribution in [1.29, 1.82) is 0 Å². The first-order valence-electron chi connectivity index (χ1n) is 8.55. The molecule has 0 bridgehead atoms. The number of carbonyl (C=O) groups is 2. The van der Waals surface area contributed by atoms with Gasteiger partial charge < -0.3 is 20.1 Å². The number of benzene rings is 1. The zero-order valence-electron chi connectivity index (χ0n) is 15.0. The number of phenols is 1. The third kappa shape index (κ3) is 3.03. The maximum atomic E-state index is 12.5. The lowest BCUT2D eigenvalue weighted by atomic mass is 9.86. The number of aliphatic hydroxyl groups is 1. The van der Waals surface area contributed by atoms with Crippen molar-refractivity contribution in [2.45, 2.75) is 45.9 Å². The number of phenolic OH excluding ortho intramolecular Hbond substituents is 1. The number of carbonyl (C=O) groups excluding carboxylic acids is 1. The van der Waals surface area contributed by atoms with E-state index >= 15 is 0 Å². The average Bonchev–Trinajstić information content (AvgIpc) is 2.90. The number of aliphatic hydroxyl groups excluding tert-OH is 1. The van der Waals surface area contributed by atoms with Crippen LogP contribution in [0.2, 0.25) is 0 Å². The van der Waals surface area contributed by atoms with Crippen LogP contribution in [0.25, 0.3) is 0 Å². The number of hydrogen-bond acceptors (Lipinski definition) is 5. The van der Waals surface area contributed by atoms with Crippen LogP contribution >= 0.6 is 0 Å². The number of β-lactam (4-membered cyclic amide) rings is 1. The predicted octanol–water partition coefficient (Wildman–Crippen LogP) is 1.84. The molecule has 1 aromatic rings. The molecule has 0 unspecified atom stereocenters. The van der Waals surface area contributed by atoms with Gasteiger partial charge in [-0.15, -0.1) is 0 Å². The van der Waals surface area contributed by atoms with Gasteiger partial charge in [0.15, 0.2) is 11.9 Å². The number of hydrogen-bond donors (Lipinski definition) is 3. The number of aliphatic carboxylic acids is 1. The Morgan fingerprint density at radius 3 is 2.42 bits per heavy atom. The Hall–Kier alpha value is -2.54. The predicted molar refractivity (Wildman–Crippen MR) is 91.8 cm³/mol. The van der Waals surface area contributed by atoms with E-state index in [0.29, 0.717) is 12.8 Å². The van der Waals surface area contributed by atoms with Gasteiger partial charge in [0, 0.05) is 5.41 Å². The Bertz CT molecular complexity index is 761. The lowest BCUT2D eigenvalue weighted by Crippen LogP contribution is -2.63. The van der Waals surface area contributed by atoms with Gasteiger partial charge in [0.1, 0.15) is 17.4 Å². The minimum absolute atomic E-state index is 0.130. The number of nitrogens with zero attached hydrogens (tertiary/aromatic N) is 1. The molecule has 1 fully saturated rings. The standard InChI is InChI=1S/C19H23NO6/c1-19(2,3)15-14(18(24)25)20-16(23)13(17(20)26-15)12(22)9-6-10-4-7-11(21)8-5-10/h4-5,7-8,12-13,17,21-22H,6,9H2,1-3H3,(H,24,25)/t12-,13-,17+/m0/s1. The van der Waals surface area contributed by atoms with Gasteiger partial charge in [-0.2, -0.15) is 0 Å². The lowest BCUT2D eigenvalue weighted by Gasteiger charge is -2.43. The monoisotopic (exact) mass is 361 g/mol. The number of rotatable bonds is 5. The van der Waals surface area contributed by atoms with Crippen LogP contribution in [-0.4, -0.2) is 44.4 Å². The van der Waals surface area contributed by atoms with Gasteiger partial charge >= 0.3 is 5.97 Å². The highest BCUT2D eigenvalue weighted by molar-refractivity contribution is 5.98. The molecule has 26 heavy (non-hydrogen) atoms. The largest absolute Gasteiger partial charge is 0.508 e. The number of amides is 1. The first-order valence-corrected chi connectivity index (χ1v) is 8.55. The second-order valence-electron chi connectivity index (χ2n) is 7.75. The van der Waals surface area contributed by atoms with Gasteiger partial charge in [-0.25, -0.2) is 4.79 Å². The van der Waals surface area contributed by atoms with Crippen LogP contribution in [0.3, 0.4) is 0 Å². The zero-order valence-corrected chi connectivity index (χ0v) is 15.0. The Morgan fingerprint density at radius 1 is 1.27 bits per heavy atom. The van der Waals surface area contributed by atoms with E-state index < -0.39 is 35.5 Å². The number of allylic oxidation sites excluding steroid dienone is 1. The van der Waals surface area contributed by atoms with Crippen LogP contribution in [0.15, 0.2) is 35.7 Å². The van der Waals surface area contributed by atoms with E-state index in [0.717, 1.165) is 10.5 Å². The van der Waals surface area contributed by atoms with E-state index in [1.54, 1.807) is 24.3 Å². The van der Waals surface area contributed by atoms with Crippen molar-refractivity contribution in [3.8, 4) is 5.75 Å². The first kappa shape index (κ1) is 18.3. The molecule has 1 saturated heterocycles. The van der Waals surface area contributed by atoms with E-state index in [1.807, 2.05) is 20.8 Å². The topological polar surface area (TPSA) is 107 Å². The maximum absolute atomic E-state index is 12.5. The van der Waals surface area contributed by atoms with Gasteiger partial charge in [0.25, 0.3) is 0 Å². The van der Waals surface area contributed by atoms with Gasteiger partial charge in [0.05, 0.1) is 6.10 Å². The quantitative estimate of drug-likeness (QED) is 0.691. The Balaban J connectivity index is 1.70. The number of fused-ring (bicyclic) bond motifs is 1. The molecule has 3 rings (SSSR count). The van der Waals surface area contributed by atoms with Crippen molar-refractivity contribution in [3.05, 3.63) is 41.3 Å². The second-order valence-corrected chi connectivity index (χ2v) is 7.75. The van der Waals surface area contributed by atoms with E-state index in [9.17, 15) is 24.9 Å². The van der Waals surface area contributed by atoms with Gasteiger partial charge in [-0.1, -0.05) is 32.9 Å². The summed E-state index contributed by atoms with van der Waals surface area (Å²) in [6, 6.07) is 6.64. The molecule has 140 valence electrons. The normalized spacial score (nSPS) is 23.4. The van der Waals surface area contributed by atoms with Crippen LogP contribution in [-0.2, 0) is 20.7 Å². The molecule has 2 heterocycles. The summed E-state index contributed by atoms with van der Waals surface area (Å²) >= 11 is 0. The molecule has 1 amide bonds. The third-order valence-corrected chi connectivity index (χ3v) is 4.74. The molecule has 0 aromatic heterocycles. The van der Waals surface area contributed by atoms with Crippen molar-refractivity contribution < 1.29 is 29.6 Å². The summed E-state index contributed by atoms with van der Waals surface area (Å²) in [5.74, 6) is -1.98. The summed E-state index contributed by atoms with van der Waals surface area (Å²) < 4.78 is 5.78. The summed E-state index contributed by atoms with van der Waals surface area (Å²) in [7, 11) is 0. The SMILES string of the molecule is CC(C)(C)C1=C(C(=O)O)N2C(=O)[C@H]([C@@H](O)CCc3ccc(O)cc3)[C@H]2O1. The maximum Gasteiger partial charge on any atom is 0.356 e. The van der Waals surface area contributed by atoms with Gasteiger partial charge in [-0.05, 0) is 30.5 Å². The van der Waals surface area contributed by atoms with E-state index in [-0.39, 0.29) is 17.2 Å². The summed E-state index contributed by atoms with van der Waals surface area (Å²) in [6.07, 6.45) is -0.838. The molecule has 0 spiro atoms. The second kappa shape index (κ2) is 6.32. The first-order chi connectivity index (χ1) is 12.1. The number of aryl methyl sites for hydroxylation is 1. The number of carboxylic acids is 1. The van der Waals surface area contributed by atoms with E-state index in [4.69, 9.17) is 4.74 Å². The van der Waals surface area contributed by atoms with Crippen molar-refractivity contribution in [2.24, 2.45) is 11.3 Å². The molecule has 2 aliphatic heterocycles. The van der Waals surface area contributed by atoms with E-state index in [1.165, 1.54) is 0 Å². The highest BCUT2D eigenvalue weighted by atomic mass is 16.5. The minimum Gasteiger partial charge on any atom is -0.508 e. The van der Waals surface area contributed by atoms with Crippen LogP contribution < -0.4 is 0 Å². The zero-order chi connectivity index (χ0) is 19.2. The van der Waals surface area contributed by atoms with Gasteiger partial charge in [-0.3, -0.25) is 9.69 Å². The number of carboxylic acid groups (broad SMARTS) is 1. The van der Waals surface area contributed by atoms with Crippen molar-refractivity contribution in [3.63, 3.8) is 0 Å². The Morgan fingerprint density at radius 2 is 1.88 bits per heavy atom. The Kier molecular flexibility index (Phi) is 4.44. The Labute approximate surface area is 151 Å². The number of aromatic hydroxyl groups is 1. The fourth-order valence-electron chi connectivity index (χ4n) is 3.38. The molecule has 7 nitrogen and oxygen atoms in total. The van der Waals surface area contributed by atoms with Crippen LogP contribution in [0.5, 0.6) is 5.75 Å². The fourth-order valence-corrected chi connectivity index (χ4v) is 3.38. The molecule has 7 heteroatoms. The minimum atomic E-state index is -1.21. The third-order valence-electron chi connectivity index (χ3n) is 4.74. The lowest BCUT2D eigenvalue weighted by molar-refractivity contribution is -0.184. The smallest absolute Gasteiger partial charge is 0.356 e. The highest BCUT2D eigenvalue weighted by Gasteiger charge is 2.60. The van der Waals surface area contributed by atoms with Crippen molar-refractivity contribution >= 4 is 11.9 Å². The van der Waals surface area contributed by atoms with Crippen molar-refractivity contribution in [2.75, 3.05) is 0 Å². The summed E-state index contributed by atoms with van der Waals surface area (Å²) in [5, 5.41) is 29.2. The molecule has 3 N–H and O–H groups in total. The molecule has 1 aromatic carbocycles. The average molecular weight is 361 g/mol. The van der Waals surface area contributed by atoms with Crippen molar-refractivity contribution in [1.82, 2.24) is 4.90 Å².